The van der Waals surface area contributed by atoms with E-state index in [-0.39, 0.29) is 31.1 Å². The molecule has 0 N–H and O–H groups in total. The number of ether oxygens (including phenoxy) is 3. The Morgan fingerprint density at radius 3 is 0.792 bits per heavy atom. The van der Waals surface area contributed by atoms with Crippen molar-refractivity contribution in [3.05, 3.63) is 48.6 Å². The van der Waals surface area contributed by atoms with Gasteiger partial charge >= 0.3 is 17.9 Å². The zero-order valence-electron chi connectivity index (χ0n) is 51.7. The van der Waals surface area contributed by atoms with E-state index in [0.29, 0.717) is 19.3 Å². The standard InChI is InChI=1S/C71H130O6/c1-4-7-10-13-16-19-22-24-26-28-29-30-31-32-33-34-35-36-37-38-39-40-41-42-43-44-46-47-49-52-55-58-61-64-70(73)76-67-68(66-75-69(72)63-60-57-54-51-21-18-15-12-9-6-3)77-71(74)65-62-59-56-53-50-48-45-27-25-23-20-17-14-11-8-5-2/h12,15,22,24,28-29,31-32,68H,4-11,13-14,16-21,23,25-27,30,33-67H2,1-3H3/b15-12-,24-22-,29-28-,32-31-. The minimum Gasteiger partial charge on any atom is -0.462 e. The van der Waals surface area contributed by atoms with Crippen LogP contribution in [0.4, 0.5) is 0 Å². The van der Waals surface area contributed by atoms with Crippen LogP contribution in [0.1, 0.15) is 367 Å². The molecule has 6 heteroatoms. The lowest BCUT2D eigenvalue weighted by Gasteiger charge is -2.18. The summed E-state index contributed by atoms with van der Waals surface area (Å²) in [6.07, 6.45) is 83.0. The molecule has 0 amide bonds. The zero-order valence-corrected chi connectivity index (χ0v) is 51.7. The summed E-state index contributed by atoms with van der Waals surface area (Å²) >= 11 is 0. The van der Waals surface area contributed by atoms with Crippen LogP contribution in [0.15, 0.2) is 48.6 Å². The van der Waals surface area contributed by atoms with Crippen LogP contribution in [0, 0.1) is 0 Å². The predicted octanol–water partition coefficient (Wildman–Crippen LogP) is 23.3. The molecule has 0 aliphatic carbocycles. The number of hydrogen-bond donors (Lipinski definition) is 0. The molecule has 0 aromatic rings. The normalized spacial score (nSPS) is 12.3. The fourth-order valence-corrected chi connectivity index (χ4v) is 10.2. The van der Waals surface area contributed by atoms with Crippen molar-refractivity contribution in [2.75, 3.05) is 13.2 Å². The highest BCUT2D eigenvalue weighted by molar-refractivity contribution is 5.71. The maximum absolute atomic E-state index is 12.9. The van der Waals surface area contributed by atoms with Crippen molar-refractivity contribution < 1.29 is 28.6 Å². The third-order valence-corrected chi connectivity index (χ3v) is 15.3. The van der Waals surface area contributed by atoms with Gasteiger partial charge in [-0.1, -0.05) is 320 Å². The Kier molecular flexibility index (Phi) is 63.6. The van der Waals surface area contributed by atoms with Gasteiger partial charge in [0, 0.05) is 19.3 Å². The third kappa shape index (κ3) is 64.1. The highest BCUT2D eigenvalue weighted by atomic mass is 16.6. The van der Waals surface area contributed by atoms with Crippen molar-refractivity contribution in [1.29, 1.82) is 0 Å². The van der Waals surface area contributed by atoms with Gasteiger partial charge in [-0.25, -0.2) is 0 Å². The molecule has 0 saturated heterocycles. The minimum atomic E-state index is -0.772. The van der Waals surface area contributed by atoms with E-state index < -0.39 is 6.10 Å². The lowest BCUT2D eigenvalue weighted by Crippen LogP contribution is -2.30. The lowest BCUT2D eigenvalue weighted by atomic mass is 10.0. The van der Waals surface area contributed by atoms with Gasteiger partial charge < -0.3 is 14.2 Å². The van der Waals surface area contributed by atoms with Crippen molar-refractivity contribution in [2.24, 2.45) is 0 Å². The van der Waals surface area contributed by atoms with E-state index in [1.54, 1.807) is 0 Å². The second-order valence-electron chi connectivity index (χ2n) is 23.1. The molecule has 0 aromatic carbocycles. The van der Waals surface area contributed by atoms with Gasteiger partial charge in [-0.3, -0.25) is 14.4 Å². The Morgan fingerprint density at radius 1 is 0.260 bits per heavy atom. The highest BCUT2D eigenvalue weighted by Gasteiger charge is 2.19. The van der Waals surface area contributed by atoms with E-state index in [2.05, 4.69) is 69.4 Å². The van der Waals surface area contributed by atoms with Gasteiger partial charge in [-0.2, -0.15) is 0 Å². The van der Waals surface area contributed by atoms with Crippen LogP contribution < -0.4 is 0 Å². The van der Waals surface area contributed by atoms with E-state index in [4.69, 9.17) is 14.2 Å². The number of esters is 3. The Bertz CT molecular complexity index is 1330. The molecule has 77 heavy (non-hydrogen) atoms. The maximum atomic E-state index is 12.9. The first-order valence-electron chi connectivity index (χ1n) is 34.1. The average molecular weight is 1080 g/mol. The number of carbonyl (C=O) groups is 3. The molecule has 0 saturated carbocycles. The first-order chi connectivity index (χ1) is 38.0. The van der Waals surface area contributed by atoms with Crippen molar-refractivity contribution in [1.82, 2.24) is 0 Å². The molecule has 6 nitrogen and oxygen atoms in total. The quantitative estimate of drug-likeness (QED) is 0.0261. The molecule has 0 spiro atoms. The fraction of sp³-hybridized carbons (Fsp3) is 0.845. The minimum absolute atomic E-state index is 0.0704. The second-order valence-corrected chi connectivity index (χ2v) is 23.1. The van der Waals surface area contributed by atoms with Crippen LogP contribution >= 0.6 is 0 Å². The molecule has 0 radical (unpaired) electrons. The molecule has 0 bridgehead atoms. The first kappa shape index (κ1) is 74.4. The van der Waals surface area contributed by atoms with Crippen LogP contribution in [0.2, 0.25) is 0 Å². The van der Waals surface area contributed by atoms with Crippen molar-refractivity contribution in [3.63, 3.8) is 0 Å². The van der Waals surface area contributed by atoms with E-state index in [1.807, 2.05) is 0 Å². The lowest BCUT2D eigenvalue weighted by molar-refractivity contribution is -0.167. The summed E-state index contributed by atoms with van der Waals surface area (Å²) in [4.78, 5) is 38.2. The molecule has 1 unspecified atom stereocenters. The molecule has 0 aliphatic heterocycles. The summed E-state index contributed by atoms with van der Waals surface area (Å²) in [5.41, 5.74) is 0. The van der Waals surface area contributed by atoms with Crippen molar-refractivity contribution in [3.8, 4) is 0 Å². The second kappa shape index (κ2) is 65.9. The van der Waals surface area contributed by atoms with Crippen LogP contribution in [0.5, 0.6) is 0 Å². The summed E-state index contributed by atoms with van der Waals surface area (Å²) in [7, 11) is 0. The summed E-state index contributed by atoms with van der Waals surface area (Å²) in [5.74, 6) is -0.859. The van der Waals surface area contributed by atoms with Crippen LogP contribution in [-0.4, -0.2) is 37.2 Å². The molecular formula is C71H130O6. The summed E-state index contributed by atoms with van der Waals surface area (Å²) in [5, 5.41) is 0. The van der Waals surface area contributed by atoms with Crippen molar-refractivity contribution in [2.45, 2.75) is 374 Å². The SMILES string of the molecule is CCC/C=C\CCCCCCCC(=O)OCC(COC(=O)CCCCCCCCCCCCCCCCCCCC/C=C\C/C=C\C/C=C\CCCCCCC)OC(=O)CCCCCCCCCCCCCCCCCC. The van der Waals surface area contributed by atoms with E-state index in [1.165, 1.54) is 244 Å². The molecular weight excluding hydrogens is 949 g/mol. The summed E-state index contributed by atoms with van der Waals surface area (Å²) < 4.78 is 16.9. The molecule has 450 valence electrons. The number of rotatable bonds is 63. The van der Waals surface area contributed by atoms with Gasteiger partial charge in [0.1, 0.15) is 13.2 Å². The van der Waals surface area contributed by atoms with E-state index in [9.17, 15) is 14.4 Å². The molecule has 0 aromatic heterocycles. The largest absolute Gasteiger partial charge is 0.462 e. The maximum Gasteiger partial charge on any atom is 0.306 e. The first-order valence-corrected chi connectivity index (χ1v) is 34.1. The molecule has 0 heterocycles. The topological polar surface area (TPSA) is 78.9 Å². The van der Waals surface area contributed by atoms with Gasteiger partial charge in [0.15, 0.2) is 6.10 Å². The van der Waals surface area contributed by atoms with Gasteiger partial charge in [-0.15, -0.1) is 0 Å². The van der Waals surface area contributed by atoms with Crippen LogP contribution in [0.3, 0.4) is 0 Å². The van der Waals surface area contributed by atoms with Crippen LogP contribution in [0.25, 0.3) is 0 Å². The van der Waals surface area contributed by atoms with Gasteiger partial charge in [0.25, 0.3) is 0 Å². The van der Waals surface area contributed by atoms with Gasteiger partial charge in [0.05, 0.1) is 0 Å². The number of allylic oxidation sites excluding steroid dienone is 8. The average Bonchev–Trinajstić information content (AvgIpc) is 3.43. The third-order valence-electron chi connectivity index (χ3n) is 15.3. The highest BCUT2D eigenvalue weighted by Crippen LogP contribution is 2.18. The Morgan fingerprint density at radius 2 is 0.494 bits per heavy atom. The summed E-state index contributed by atoms with van der Waals surface area (Å²) in [6, 6.07) is 0. The van der Waals surface area contributed by atoms with Crippen molar-refractivity contribution >= 4 is 17.9 Å². The zero-order chi connectivity index (χ0) is 55.7. The molecule has 0 fully saturated rings. The Labute approximate surface area is 479 Å². The monoisotopic (exact) mass is 1080 g/mol. The van der Waals surface area contributed by atoms with Crippen LogP contribution in [-0.2, 0) is 28.6 Å². The molecule has 0 aliphatic rings. The van der Waals surface area contributed by atoms with E-state index >= 15 is 0 Å². The smallest absolute Gasteiger partial charge is 0.306 e. The summed E-state index contributed by atoms with van der Waals surface area (Å²) in [6.45, 7) is 6.61. The Hall–Kier alpha value is -2.63. The predicted molar refractivity (Wildman–Crippen MR) is 335 cm³/mol. The Balaban J connectivity index is 4.06. The molecule has 1 atom stereocenters. The number of carbonyl (C=O) groups excluding carboxylic acids is 3. The van der Waals surface area contributed by atoms with Gasteiger partial charge in [-0.05, 0) is 77.0 Å². The fourth-order valence-electron chi connectivity index (χ4n) is 10.2. The number of unbranched alkanes of at least 4 members (excludes halogenated alkanes) is 44. The number of hydrogen-bond acceptors (Lipinski definition) is 6. The molecule has 0 rings (SSSR count). The van der Waals surface area contributed by atoms with E-state index in [0.717, 1.165) is 83.5 Å². The van der Waals surface area contributed by atoms with Gasteiger partial charge in [0.2, 0.25) is 0 Å².